The number of carbonyl (C=O) groups excluding carboxylic acids is 1. The number of hydrogen-bond donors (Lipinski definition) is 2. The van der Waals surface area contributed by atoms with Gasteiger partial charge in [0.25, 0.3) is 0 Å². The third-order valence-corrected chi connectivity index (χ3v) is 5.74. The molecule has 1 aromatic heterocycles. The van der Waals surface area contributed by atoms with Crippen molar-refractivity contribution in [3.63, 3.8) is 0 Å². The lowest BCUT2D eigenvalue weighted by Crippen LogP contribution is -2.48. The van der Waals surface area contributed by atoms with Gasteiger partial charge in [-0.3, -0.25) is 4.79 Å². The van der Waals surface area contributed by atoms with Crippen LogP contribution < -0.4 is 11.1 Å². The van der Waals surface area contributed by atoms with Gasteiger partial charge in [-0.05, 0) is 37.5 Å². The average molecular weight is 373 g/mol. The maximum atomic E-state index is 12.7. The van der Waals surface area contributed by atoms with Crippen LogP contribution in [-0.4, -0.2) is 21.9 Å². The lowest BCUT2D eigenvalue weighted by molar-refractivity contribution is -0.122. The Morgan fingerprint density at radius 2 is 1.65 bits per heavy atom. The molecule has 138 valence electrons. The molecule has 2 atom stereocenters. The minimum Gasteiger partial charge on any atom is -0.327 e. The summed E-state index contributed by atoms with van der Waals surface area (Å²) in [6, 6.07) is 10.1. The lowest BCUT2D eigenvalue weighted by Gasteiger charge is -2.43. The van der Waals surface area contributed by atoms with Crippen LogP contribution in [-0.2, 0) is 4.79 Å². The van der Waals surface area contributed by atoms with Crippen LogP contribution in [0.25, 0.3) is 11.4 Å². The van der Waals surface area contributed by atoms with E-state index in [1.54, 1.807) is 12.4 Å². The third-order valence-electron chi connectivity index (χ3n) is 5.74. The van der Waals surface area contributed by atoms with Crippen molar-refractivity contribution in [3.05, 3.63) is 42.7 Å². The zero-order valence-corrected chi connectivity index (χ0v) is 15.5. The first-order valence-corrected chi connectivity index (χ1v) is 9.14. The maximum Gasteiger partial charge on any atom is 0.227 e. The van der Waals surface area contributed by atoms with Crippen LogP contribution in [0.2, 0.25) is 0 Å². The summed E-state index contributed by atoms with van der Waals surface area (Å²) in [6.07, 6.45) is 8.77. The standard InChI is InChI=1S/C20H24N4O.ClH/c21-18-14-7-4-8-15(18)10-16(9-14)20(25)24-17-11-22-19(23-12-17)13-5-2-1-3-6-13;/h1-3,5-6,11-12,14-16,18H,4,7-10,21H2,(H,24,25);1H. The van der Waals surface area contributed by atoms with E-state index >= 15 is 0 Å². The van der Waals surface area contributed by atoms with Gasteiger partial charge in [-0.1, -0.05) is 36.8 Å². The molecule has 0 spiro atoms. The Kier molecular flexibility index (Phi) is 5.89. The van der Waals surface area contributed by atoms with Gasteiger partial charge in [-0.25, -0.2) is 9.97 Å². The highest BCUT2D eigenvalue weighted by atomic mass is 35.5. The number of nitrogens with two attached hydrogens (primary N) is 1. The molecule has 0 aliphatic heterocycles. The molecule has 5 nitrogen and oxygen atoms in total. The number of hydrogen-bond acceptors (Lipinski definition) is 4. The average Bonchev–Trinajstić information content (AvgIpc) is 2.63. The van der Waals surface area contributed by atoms with Crippen molar-refractivity contribution in [2.45, 2.75) is 38.1 Å². The quantitative estimate of drug-likeness (QED) is 0.861. The molecule has 0 radical (unpaired) electrons. The molecule has 1 aromatic carbocycles. The first-order chi connectivity index (χ1) is 12.2. The van der Waals surface area contributed by atoms with Crippen molar-refractivity contribution in [3.8, 4) is 11.4 Å². The molecule has 2 unspecified atom stereocenters. The largest absolute Gasteiger partial charge is 0.327 e. The van der Waals surface area contributed by atoms with E-state index < -0.39 is 0 Å². The van der Waals surface area contributed by atoms with Gasteiger partial charge in [0, 0.05) is 17.5 Å². The van der Waals surface area contributed by atoms with Gasteiger partial charge in [0.2, 0.25) is 5.91 Å². The summed E-state index contributed by atoms with van der Waals surface area (Å²) in [5.41, 5.74) is 7.94. The number of nitrogens with one attached hydrogen (secondary N) is 1. The molecule has 2 fully saturated rings. The van der Waals surface area contributed by atoms with E-state index in [-0.39, 0.29) is 30.3 Å². The summed E-state index contributed by atoms with van der Waals surface area (Å²) in [6.45, 7) is 0. The molecule has 2 bridgehead atoms. The highest BCUT2D eigenvalue weighted by Gasteiger charge is 2.40. The van der Waals surface area contributed by atoms with Crippen molar-refractivity contribution < 1.29 is 4.79 Å². The molecule has 3 N–H and O–H groups in total. The molecule has 6 heteroatoms. The molecule has 2 aliphatic carbocycles. The van der Waals surface area contributed by atoms with Gasteiger partial charge in [-0.2, -0.15) is 0 Å². The Morgan fingerprint density at radius 3 is 2.27 bits per heavy atom. The number of amides is 1. The molecule has 26 heavy (non-hydrogen) atoms. The molecule has 2 saturated carbocycles. The summed E-state index contributed by atoms with van der Waals surface area (Å²) in [5.74, 6) is 1.81. The molecule has 1 heterocycles. The van der Waals surface area contributed by atoms with Crippen LogP contribution in [0, 0.1) is 17.8 Å². The number of nitrogens with zero attached hydrogens (tertiary/aromatic N) is 2. The molecule has 4 rings (SSSR count). The van der Waals surface area contributed by atoms with E-state index in [1.807, 2.05) is 30.3 Å². The van der Waals surface area contributed by atoms with Gasteiger partial charge in [0.15, 0.2) is 5.82 Å². The molecule has 0 saturated heterocycles. The zero-order valence-electron chi connectivity index (χ0n) is 14.7. The summed E-state index contributed by atoms with van der Waals surface area (Å²) >= 11 is 0. The highest BCUT2D eigenvalue weighted by Crippen LogP contribution is 2.42. The van der Waals surface area contributed by atoms with Crippen LogP contribution in [0.1, 0.15) is 32.1 Å². The molecular weight excluding hydrogens is 348 g/mol. The minimum absolute atomic E-state index is 0. The van der Waals surface area contributed by atoms with Crippen molar-refractivity contribution in [2.75, 3.05) is 5.32 Å². The van der Waals surface area contributed by atoms with Gasteiger partial charge in [0.1, 0.15) is 0 Å². The predicted molar refractivity (Wildman–Crippen MR) is 105 cm³/mol. The first kappa shape index (κ1) is 18.8. The van der Waals surface area contributed by atoms with Crippen molar-refractivity contribution in [1.29, 1.82) is 0 Å². The third kappa shape index (κ3) is 3.89. The van der Waals surface area contributed by atoms with Gasteiger partial charge in [0.05, 0.1) is 18.1 Å². The van der Waals surface area contributed by atoms with Crippen LogP contribution in [0.5, 0.6) is 0 Å². The molecule has 2 aromatic rings. The maximum absolute atomic E-state index is 12.7. The van der Waals surface area contributed by atoms with Gasteiger partial charge >= 0.3 is 0 Å². The molecule has 2 aliphatic rings. The van der Waals surface area contributed by atoms with Crippen molar-refractivity contribution in [1.82, 2.24) is 9.97 Å². The van der Waals surface area contributed by atoms with Crippen LogP contribution in [0.15, 0.2) is 42.7 Å². The van der Waals surface area contributed by atoms with Crippen LogP contribution >= 0.6 is 12.4 Å². The van der Waals surface area contributed by atoms with E-state index in [0.29, 0.717) is 23.3 Å². The number of benzene rings is 1. The Hall–Kier alpha value is -1.98. The monoisotopic (exact) mass is 372 g/mol. The summed E-state index contributed by atoms with van der Waals surface area (Å²) < 4.78 is 0. The summed E-state index contributed by atoms with van der Waals surface area (Å²) in [4.78, 5) is 21.4. The highest BCUT2D eigenvalue weighted by molar-refractivity contribution is 5.92. The van der Waals surface area contributed by atoms with Gasteiger partial charge < -0.3 is 11.1 Å². The SMILES string of the molecule is Cl.NC1C2CCCC1CC(C(=O)Nc1cnc(-c3ccccc3)nc1)C2. The number of anilines is 1. The van der Waals surface area contributed by atoms with Crippen LogP contribution in [0.4, 0.5) is 5.69 Å². The number of carbonyl (C=O) groups is 1. The summed E-state index contributed by atoms with van der Waals surface area (Å²) in [7, 11) is 0. The molecular formula is C20H25ClN4O. The second-order valence-electron chi connectivity index (χ2n) is 7.35. The van der Waals surface area contributed by atoms with E-state index in [2.05, 4.69) is 15.3 Å². The van der Waals surface area contributed by atoms with E-state index in [1.165, 1.54) is 6.42 Å². The zero-order chi connectivity index (χ0) is 17.2. The fourth-order valence-electron chi connectivity index (χ4n) is 4.38. The first-order valence-electron chi connectivity index (χ1n) is 9.14. The smallest absolute Gasteiger partial charge is 0.227 e. The van der Waals surface area contributed by atoms with Crippen molar-refractivity contribution >= 4 is 24.0 Å². The second-order valence-corrected chi connectivity index (χ2v) is 7.35. The Balaban J connectivity index is 0.00000196. The lowest BCUT2D eigenvalue weighted by atomic mass is 9.65. The van der Waals surface area contributed by atoms with E-state index in [4.69, 9.17) is 5.73 Å². The predicted octanol–water partition coefficient (Wildman–Crippen LogP) is 3.66. The summed E-state index contributed by atoms with van der Waals surface area (Å²) in [5, 5.41) is 2.99. The van der Waals surface area contributed by atoms with Crippen molar-refractivity contribution in [2.24, 2.45) is 23.5 Å². The minimum atomic E-state index is 0. The van der Waals surface area contributed by atoms with E-state index in [9.17, 15) is 4.79 Å². The van der Waals surface area contributed by atoms with Crippen LogP contribution in [0.3, 0.4) is 0 Å². The number of aromatic nitrogens is 2. The Bertz CT molecular complexity index is 723. The molecule has 1 amide bonds. The number of fused-ring (bicyclic) bond motifs is 2. The fourth-order valence-corrected chi connectivity index (χ4v) is 4.38. The number of rotatable bonds is 3. The Labute approximate surface area is 160 Å². The second kappa shape index (κ2) is 8.14. The normalized spacial score (nSPS) is 27.3. The van der Waals surface area contributed by atoms with Gasteiger partial charge in [-0.15, -0.1) is 12.4 Å². The Morgan fingerprint density at radius 1 is 1.04 bits per heavy atom. The topological polar surface area (TPSA) is 80.9 Å². The van der Waals surface area contributed by atoms with E-state index in [0.717, 1.165) is 31.2 Å². The fraction of sp³-hybridized carbons (Fsp3) is 0.450. The number of halogens is 1.